The fourth-order valence-electron chi connectivity index (χ4n) is 8.74. The van der Waals surface area contributed by atoms with Crippen LogP contribution in [-0.2, 0) is 14.9 Å². The zero-order valence-electron chi connectivity index (χ0n) is 24.8. The molecule has 10 rings (SSSR count). The number of halogens is 1. The number of nitrogens with zero attached hydrogens (tertiary/aromatic N) is 4. The summed E-state index contributed by atoms with van der Waals surface area (Å²) in [5.74, 6) is 2.59. The summed E-state index contributed by atoms with van der Waals surface area (Å²) in [4.78, 5) is 25.4. The van der Waals surface area contributed by atoms with Gasteiger partial charge in [0, 0.05) is 49.0 Å². The molecule has 9 heteroatoms. The number of methoxy groups -OCH3 is 1. The van der Waals surface area contributed by atoms with Gasteiger partial charge in [-0.15, -0.1) is 0 Å². The van der Waals surface area contributed by atoms with Gasteiger partial charge in [0.15, 0.2) is 5.82 Å². The molecule has 43 heavy (non-hydrogen) atoms. The van der Waals surface area contributed by atoms with E-state index >= 15 is 0 Å². The van der Waals surface area contributed by atoms with E-state index in [0.29, 0.717) is 37.6 Å². The molecule has 4 bridgehead atoms. The van der Waals surface area contributed by atoms with Gasteiger partial charge in [-0.25, -0.2) is 9.37 Å². The number of benzene rings is 1. The number of ether oxygens (including phenoxy) is 2. The molecule has 7 fully saturated rings. The summed E-state index contributed by atoms with van der Waals surface area (Å²) in [6, 6.07) is 12.0. The number of hydrogen-bond donors (Lipinski definition) is 0. The van der Waals surface area contributed by atoms with Gasteiger partial charge in [-0.05, 0) is 105 Å². The molecule has 0 spiro atoms. The van der Waals surface area contributed by atoms with Crippen LogP contribution in [-0.4, -0.2) is 53.6 Å². The van der Waals surface area contributed by atoms with E-state index in [1.165, 1.54) is 0 Å². The van der Waals surface area contributed by atoms with Crippen LogP contribution in [0.25, 0.3) is 11.1 Å². The molecule has 0 radical (unpaired) electrons. The number of hydrogen-bond acceptors (Lipinski definition) is 7. The summed E-state index contributed by atoms with van der Waals surface area (Å²) >= 11 is 0. The Hall–Kier alpha value is -3.33. The van der Waals surface area contributed by atoms with Crippen molar-refractivity contribution in [3.05, 3.63) is 54.3 Å². The van der Waals surface area contributed by atoms with Crippen molar-refractivity contribution in [2.24, 2.45) is 10.8 Å². The first-order chi connectivity index (χ1) is 20.8. The first-order valence-electron chi connectivity index (χ1n) is 15.9. The lowest BCUT2D eigenvalue weighted by atomic mass is 9.41. The number of fused-ring (bicyclic) bond motifs is 3. The summed E-state index contributed by atoms with van der Waals surface area (Å²) in [5.41, 5.74) is 1.14. The van der Waals surface area contributed by atoms with Crippen molar-refractivity contribution in [1.82, 2.24) is 15.1 Å². The van der Waals surface area contributed by atoms with Crippen LogP contribution in [0, 0.1) is 10.8 Å². The highest BCUT2D eigenvalue weighted by molar-refractivity contribution is 6.00. The fraction of sp³-hybridized carbons (Fsp3) is 0.588. The SMILES string of the molecule is COc1cc(-c2cccc(N(CC34CCC(c5nc(C6CCOCC6)no5)(CC3)CC4)C(=O)C34CC(F)(C3)C4)c2)ccn1. The maximum absolute atomic E-state index is 14.6. The topological polar surface area (TPSA) is 90.6 Å². The molecule has 0 unspecified atom stereocenters. The lowest BCUT2D eigenvalue weighted by molar-refractivity contribution is -0.211. The average molecular weight is 587 g/mol. The molecule has 0 N–H and O–H groups in total. The van der Waals surface area contributed by atoms with Gasteiger partial charge in [-0.3, -0.25) is 4.79 Å². The van der Waals surface area contributed by atoms with E-state index in [4.69, 9.17) is 19.0 Å². The van der Waals surface area contributed by atoms with E-state index in [-0.39, 0.29) is 16.7 Å². The van der Waals surface area contributed by atoms with Gasteiger partial charge in [0.1, 0.15) is 5.67 Å². The zero-order chi connectivity index (χ0) is 29.3. The number of carbonyl (C=O) groups is 1. The highest BCUT2D eigenvalue weighted by Gasteiger charge is 2.73. The van der Waals surface area contributed by atoms with Crippen LogP contribution in [0.4, 0.5) is 10.1 Å². The van der Waals surface area contributed by atoms with Crippen LogP contribution in [0.3, 0.4) is 0 Å². The summed E-state index contributed by atoms with van der Waals surface area (Å²) in [5, 5.41) is 4.41. The standard InChI is InChI=1S/C34H39FN4O4/c1-41-27-18-25(5-14-36-27)24-3-2-4-26(17-24)39(30(40)33-19-34(35,20-33)21-33)22-31-8-11-32(12-9-31,13-10-31)29-37-28(38-43-29)23-6-15-42-16-7-23/h2-5,14,17-18,23H,6-13,15-16,19-22H2,1H3. The van der Waals surface area contributed by atoms with Crippen molar-refractivity contribution in [3.63, 3.8) is 0 Å². The molecule has 3 aromatic rings. The Bertz CT molecular complexity index is 1500. The largest absolute Gasteiger partial charge is 0.481 e. The molecule has 1 aliphatic heterocycles. The van der Waals surface area contributed by atoms with Gasteiger partial charge in [-0.2, -0.15) is 4.98 Å². The van der Waals surface area contributed by atoms with Crippen molar-refractivity contribution in [2.75, 3.05) is 31.8 Å². The van der Waals surface area contributed by atoms with Gasteiger partial charge in [0.25, 0.3) is 0 Å². The lowest BCUT2D eigenvalue weighted by Gasteiger charge is -2.65. The Morgan fingerprint density at radius 3 is 2.44 bits per heavy atom. The molecule has 3 heterocycles. The maximum atomic E-state index is 14.6. The quantitative estimate of drug-likeness (QED) is 0.296. The van der Waals surface area contributed by atoms with Crippen LogP contribution in [0.15, 0.2) is 47.1 Å². The van der Waals surface area contributed by atoms with E-state index in [2.05, 4.69) is 16.2 Å². The van der Waals surface area contributed by atoms with Crippen molar-refractivity contribution in [3.8, 4) is 17.0 Å². The predicted octanol–water partition coefficient (Wildman–Crippen LogP) is 6.55. The summed E-state index contributed by atoms with van der Waals surface area (Å²) in [6.45, 7) is 2.17. The first-order valence-corrected chi connectivity index (χ1v) is 15.9. The van der Waals surface area contributed by atoms with E-state index in [1.807, 2.05) is 35.2 Å². The second kappa shape index (κ2) is 9.84. The molecule has 1 aromatic carbocycles. The number of anilines is 1. The van der Waals surface area contributed by atoms with Crippen LogP contribution in [0.5, 0.6) is 5.88 Å². The van der Waals surface area contributed by atoms with Crippen LogP contribution in [0.1, 0.15) is 88.3 Å². The number of pyridine rings is 1. The monoisotopic (exact) mass is 586 g/mol. The van der Waals surface area contributed by atoms with Gasteiger partial charge >= 0.3 is 0 Å². The number of amides is 1. The number of carbonyl (C=O) groups excluding carboxylic acids is 1. The maximum Gasteiger partial charge on any atom is 0.233 e. The molecule has 226 valence electrons. The minimum absolute atomic E-state index is 0.0216. The molecule has 8 nitrogen and oxygen atoms in total. The molecular weight excluding hydrogens is 547 g/mol. The van der Waals surface area contributed by atoms with Crippen molar-refractivity contribution in [2.45, 2.75) is 87.6 Å². The van der Waals surface area contributed by atoms with Crippen LogP contribution in [0.2, 0.25) is 0 Å². The Morgan fingerprint density at radius 2 is 1.74 bits per heavy atom. The smallest absolute Gasteiger partial charge is 0.233 e. The normalized spacial score (nSPS) is 33.0. The van der Waals surface area contributed by atoms with E-state index in [1.54, 1.807) is 13.3 Å². The lowest BCUT2D eigenvalue weighted by Crippen LogP contribution is -2.71. The van der Waals surface area contributed by atoms with Gasteiger partial charge in [0.05, 0.1) is 12.5 Å². The van der Waals surface area contributed by atoms with Crippen molar-refractivity contribution >= 4 is 11.6 Å². The fourth-order valence-corrected chi connectivity index (χ4v) is 8.74. The molecule has 6 aliphatic carbocycles. The van der Waals surface area contributed by atoms with Gasteiger partial charge < -0.3 is 18.9 Å². The van der Waals surface area contributed by atoms with Crippen molar-refractivity contribution in [1.29, 1.82) is 0 Å². The third kappa shape index (κ3) is 4.49. The summed E-state index contributed by atoms with van der Waals surface area (Å²) in [7, 11) is 1.61. The third-order valence-corrected chi connectivity index (χ3v) is 11.5. The predicted molar refractivity (Wildman–Crippen MR) is 158 cm³/mol. The summed E-state index contributed by atoms with van der Waals surface area (Å²) in [6.07, 6.45) is 10.7. The Kier molecular flexibility index (Phi) is 6.23. The van der Waals surface area contributed by atoms with Crippen LogP contribution < -0.4 is 9.64 Å². The minimum Gasteiger partial charge on any atom is -0.481 e. The second-order valence-electron chi connectivity index (χ2n) is 14.1. The van der Waals surface area contributed by atoms with Gasteiger partial charge in [0.2, 0.25) is 17.7 Å². The molecule has 2 aromatic heterocycles. The molecule has 7 aliphatic rings. The van der Waals surface area contributed by atoms with E-state index in [0.717, 1.165) is 93.1 Å². The second-order valence-corrected chi connectivity index (χ2v) is 14.1. The highest BCUT2D eigenvalue weighted by Crippen LogP contribution is 2.70. The molecule has 0 atom stereocenters. The number of aromatic nitrogens is 3. The molecule has 1 amide bonds. The Labute approximate surface area is 251 Å². The third-order valence-electron chi connectivity index (χ3n) is 11.5. The highest BCUT2D eigenvalue weighted by atomic mass is 19.1. The van der Waals surface area contributed by atoms with Crippen LogP contribution >= 0.6 is 0 Å². The minimum atomic E-state index is -1.13. The van der Waals surface area contributed by atoms with E-state index in [9.17, 15) is 9.18 Å². The number of rotatable bonds is 8. The Morgan fingerprint density at radius 1 is 1.02 bits per heavy atom. The summed E-state index contributed by atoms with van der Waals surface area (Å²) < 4.78 is 31.4. The zero-order valence-corrected chi connectivity index (χ0v) is 24.8. The molecule has 6 saturated carbocycles. The average Bonchev–Trinajstić information content (AvgIpc) is 3.54. The Balaban J connectivity index is 1.05. The first kappa shape index (κ1) is 27.2. The molecular formula is C34H39FN4O4. The van der Waals surface area contributed by atoms with E-state index < -0.39 is 11.1 Å². The van der Waals surface area contributed by atoms with Gasteiger partial charge in [-0.1, -0.05) is 17.3 Å². The molecule has 1 saturated heterocycles. The number of alkyl halides is 1. The van der Waals surface area contributed by atoms with Crippen molar-refractivity contribution < 1.29 is 23.2 Å².